The van der Waals surface area contributed by atoms with E-state index in [0.717, 1.165) is 0 Å². The van der Waals surface area contributed by atoms with Gasteiger partial charge < -0.3 is 14.3 Å². The van der Waals surface area contributed by atoms with Gasteiger partial charge >= 0.3 is 11.6 Å². The Balaban J connectivity index is 2.17. The average molecular weight is 342 g/mol. The lowest BCUT2D eigenvalue weighted by molar-refractivity contribution is 0.0694. The number of aromatic nitrogens is 2. The summed E-state index contributed by atoms with van der Waals surface area (Å²) in [6, 6.07) is 4.46. The number of nitrogens with zero attached hydrogens (tertiary/aromatic N) is 2. The van der Waals surface area contributed by atoms with Crippen LogP contribution < -0.4 is 10.4 Å². The van der Waals surface area contributed by atoms with Crippen LogP contribution in [0.5, 0.6) is 11.6 Å². The monoisotopic (exact) mass is 342 g/mol. The van der Waals surface area contributed by atoms with Crippen molar-refractivity contribution in [3.63, 3.8) is 0 Å². The van der Waals surface area contributed by atoms with Crippen molar-refractivity contribution in [2.24, 2.45) is 0 Å². The van der Waals surface area contributed by atoms with Crippen molar-refractivity contribution in [1.29, 1.82) is 0 Å². The first kappa shape index (κ1) is 16.4. The molecule has 8 heteroatoms. The highest BCUT2D eigenvalue weighted by Gasteiger charge is 2.20. The fourth-order valence-corrected chi connectivity index (χ4v) is 2.48. The van der Waals surface area contributed by atoms with Crippen molar-refractivity contribution in [3.8, 4) is 11.6 Å². The Kier molecular flexibility index (Phi) is 4.10. The zero-order valence-corrected chi connectivity index (χ0v) is 13.5. The first-order valence-corrected chi connectivity index (χ1v) is 7.45. The number of hydrogen-bond acceptors (Lipinski definition) is 6. The van der Waals surface area contributed by atoms with E-state index in [1.807, 2.05) is 0 Å². The van der Waals surface area contributed by atoms with Crippen LogP contribution in [-0.2, 0) is 6.54 Å². The normalized spacial score (nSPS) is 10.8. The van der Waals surface area contributed by atoms with E-state index in [1.54, 1.807) is 19.9 Å². The zero-order valence-electron chi connectivity index (χ0n) is 13.5. The topological polar surface area (TPSA) is 112 Å². The summed E-state index contributed by atoms with van der Waals surface area (Å²) >= 11 is 0. The molecule has 2 heterocycles. The number of fused-ring (bicyclic) bond motifs is 1. The van der Waals surface area contributed by atoms with E-state index in [-0.39, 0.29) is 28.3 Å². The molecule has 0 aliphatic carbocycles. The smallest absolute Gasteiger partial charge is 0.342 e. The molecule has 8 nitrogen and oxygen atoms in total. The fourth-order valence-electron chi connectivity index (χ4n) is 2.48. The third-order valence-electron chi connectivity index (χ3n) is 3.72. The number of aromatic carboxylic acids is 1. The van der Waals surface area contributed by atoms with Gasteiger partial charge in [0.15, 0.2) is 11.9 Å². The predicted octanol–water partition coefficient (Wildman–Crippen LogP) is 2.62. The number of aryl methyl sites for hydroxylation is 2. The van der Waals surface area contributed by atoms with Gasteiger partial charge in [-0.05, 0) is 31.5 Å². The summed E-state index contributed by atoms with van der Waals surface area (Å²) in [7, 11) is 0. The Hall–Kier alpha value is -3.42. The number of carboxylic acids is 1. The third-order valence-corrected chi connectivity index (χ3v) is 3.72. The molecule has 0 bridgehead atoms. The number of carbonyl (C=O) groups excluding carboxylic acids is 1. The zero-order chi connectivity index (χ0) is 18.1. The molecule has 0 fully saturated rings. The predicted molar refractivity (Wildman–Crippen MR) is 87.5 cm³/mol. The van der Waals surface area contributed by atoms with Crippen LogP contribution in [0.3, 0.4) is 0 Å². The number of carboxylic acid groups (broad SMARTS) is 1. The van der Waals surface area contributed by atoms with Gasteiger partial charge in [-0.2, -0.15) is 0 Å². The molecule has 3 rings (SSSR count). The fraction of sp³-hybridized carbons (Fsp3) is 0.176. The second-order valence-electron chi connectivity index (χ2n) is 5.33. The molecule has 0 saturated carbocycles. The van der Waals surface area contributed by atoms with Crippen molar-refractivity contribution < 1.29 is 23.8 Å². The van der Waals surface area contributed by atoms with Crippen LogP contribution in [0.4, 0.5) is 0 Å². The maximum absolute atomic E-state index is 11.6. The van der Waals surface area contributed by atoms with E-state index in [2.05, 4.69) is 5.10 Å². The summed E-state index contributed by atoms with van der Waals surface area (Å²) in [6.07, 6.45) is 1.83. The molecule has 25 heavy (non-hydrogen) atoms. The molecule has 128 valence electrons. The molecule has 2 aromatic heterocycles. The number of hydrogen-bond donors (Lipinski definition) is 1. The van der Waals surface area contributed by atoms with Crippen molar-refractivity contribution in [3.05, 3.63) is 51.5 Å². The van der Waals surface area contributed by atoms with E-state index in [0.29, 0.717) is 23.8 Å². The van der Waals surface area contributed by atoms with Crippen LogP contribution in [0.2, 0.25) is 0 Å². The SMILES string of the molecule is CCn1cc(C(=O)O)c(Oc2ccc3c(C)cc(=O)oc3c2C=O)n1. The highest BCUT2D eigenvalue weighted by molar-refractivity contribution is 5.98. The maximum Gasteiger partial charge on any atom is 0.342 e. The van der Waals surface area contributed by atoms with Crippen molar-refractivity contribution in [2.75, 3.05) is 0 Å². The summed E-state index contributed by atoms with van der Waals surface area (Å²) in [4.78, 5) is 34.5. The van der Waals surface area contributed by atoms with E-state index < -0.39 is 11.6 Å². The molecule has 0 saturated heterocycles. The summed E-state index contributed by atoms with van der Waals surface area (Å²) < 4.78 is 12.1. The van der Waals surface area contributed by atoms with Crippen LogP contribution in [-0.4, -0.2) is 27.1 Å². The van der Waals surface area contributed by atoms with Gasteiger partial charge in [0.05, 0.1) is 0 Å². The number of aldehydes is 1. The van der Waals surface area contributed by atoms with Crippen LogP contribution in [0, 0.1) is 6.92 Å². The number of carbonyl (C=O) groups is 2. The Morgan fingerprint density at radius 2 is 2.20 bits per heavy atom. The van der Waals surface area contributed by atoms with Gasteiger partial charge in [-0.15, -0.1) is 5.10 Å². The molecule has 1 N–H and O–H groups in total. The van der Waals surface area contributed by atoms with Gasteiger partial charge in [0, 0.05) is 24.2 Å². The van der Waals surface area contributed by atoms with Gasteiger partial charge in [0.2, 0.25) is 0 Å². The molecule has 0 radical (unpaired) electrons. The molecule has 0 unspecified atom stereocenters. The molecular formula is C17H14N2O6. The van der Waals surface area contributed by atoms with Gasteiger partial charge in [-0.3, -0.25) is 9.48 Å². The Morgan fingerprint density at radius 3 is 2.84 bits per heavy atom. The van der Waals surface area contributed by atoms with Crippen LogP contribution in [0.15, 0.2) is 33.6 Å². The van der Waals surface area contributed by atoms with E-state index in [4.69, 9.17) is 9.15 Å². The van der Waals surface area contributed by atoms with E-state index in [9.17, 15) is 19.5 Å². The Morgan fingerprint density at radius 1 is 1.44 bits per heavy atom. The lowest BCUT2D eigenvalue weighted by Gasteiger charge is -2.09. The third kappa shape index (κ3) is 2.89. The first-order chi connectivity index (χ1) is 11.9. The number of benzene rings is 1. The highest BCUT2D eigenvalue weighted by Crippen LogP contribution is 2.31. The van der Waals surface area contributed by atoms with Crippen LogP contribution in [0.25, 0.3) is 11.0 Å². The molecule has 0 amide bonds. The first-order valence-electron chi connectivity index (χ1n) is 7.45. The molecule has 0 atom stereocenters. The summed E-state index contributed by atoms with van der Waals surface area (Å²) in [6.45, 7) is 3.97. The highest BCUT2D eigenvalue weighted by atomic mass is 16.5. The van der Waals surface area contributed by atoms with E-state index >= 15 is 0 Å². The standard InChI is InChI=1S/C17H14N2O6/c1-3-19-7-11(17(22)23)16(18-19)24-13-5-4-10-9(2)6-14(21)25-15(10)12(13)8-20/h4-8H,3H2,1-2H3,(H,22,23). The molecule has 3 aromatic rings. The minimum absolute atomic E-state index is 0.0145. The number of rotatable bonds is 5. The van der Waals surface area contributed by atoms with Gasteiger partial charge in [-0.1, -0.05) is 0 Å². The summed E-state index contributed by atoms with van der Waals surface area (Å²) in [5.74, 6) is -1.29. The van der Waals surface area contributed by atoms with Crippen molar-refractivity contribution >= 4 is 23.2 Å². The summed E-state index contributed by atoms with van der Waals surface area (Å²) in [5.41, 5.74) is 0.0311. The molecular weight excluding hydrogens is 328 g/mol. The molecule has 0 aliphatic rings. The van der Waals surface area contributed by atoms with Crippen LogP contribution >= 0.6 is 0 Å². The van der Waals surface area contributed by atoms with Crippen LogP contribution in [0.1, 0.15) is 33.2 Å². The molecule has 0 spiro atoms. The largest absolute Gasteiger partial charge is 0.477 e. The molecule has 1 aromatic carbocycles. The van der Waals surface area contributed by atoms with Gasteiger partial charge in [0.1, 0.15) is 16.9 Å². The second-order valence-corrected chi connectivity index (χ2v) is 5.33. The minimum atomic E-state index is -1.20. The molecule has 0 aliphatic heterocycles. The maximum atomic E-state index is 11.6. The lowest BCUT2D eigenvalue weighted by atomic mass is 10.1. The summed E-state index contributed by atoms with van der Waals surface area (Å²) in [5, 5.41) is 13.9. The number of ether oxygens (including phenoxy) is 1. The van der Waals surface area contributed by atoms with Crippen molar-refractivity contribution in [1.82, 2.24) is 9.78 Å². The second kappa shape index (κ2) is 6.23. The quantitative estimate of drug-likeness (QED) is 0.560. The average Bonchev–Trinajstić information content (AvgIpc) is 2.97. The van der Waals surface area contributed by atoms with Crippen molar-refractivity contribution in [2.45, 2.75) is 20.4 Å². The lowest BCUT2D eigenvalue weighted by Crippen LogP contribution is -2.02. The van der Waals surface area contributed by atoms with E-state index in [1.165, 1.54) is 23.0 Å². The minimum Gasteiger partial charge on any atom is -0.477 e. The Labute approximate surface area is 141 Å². The Bertz CT molecular complexity index is 1050. The van der Waals surface area contributed by atoms with Gasteiger partial charge in [-0.25, -0.2) is 9.59 Å². The van der Waals surface area contributed by atoms with Gasteiger partial charge in [0.25, 0.3) is 5.88 Å².